The minimum absolute atomic E-state index is 0.103. The third-order valence-electron chi connectivity index (χ3n) is 6.56. The second-order valence-electron chi connectivity index (χ2n) is 9.24. The number of halogens is 2. The summed E-state index contributed by atoms with van der Waals surface area (Å²) in [5.74, 6) is -0.0761. The van der Waals surface area contributed by atoms with Gasteiger partial charge in [0.2, 0.25) is 5.91 Å². The summed E-state index contributed by atoms with van der Waals surface area (Å²) in [5.41, 5.74) is 4.17. The summed E-state index contributed by atoms with van der Waals surface area (Å²) >= 11 is 6.17. The lowest BCUT2D eigenvalue weighted by Crippen LogP contribution is -2.44. The first kappa shape index (κ1) is 24.3. The van der Waals surface area contributed by atoms with Crippen LogP contribution in [0.25, 0.3) is 33.5 Å². The molecule has 186 valence electrons. The van der Waals surface area contributed by atoms with Crippen molar-refractivity contribution in [2.75, 3.05) is 39.0 Å². The zero-order valence-corrected chi connectivity index (χ0v) is 20.9. The SMILES string of the molecule is CN(C)C1CCN(CC(=O)Nc2cc(-c3[nH]c4cc(Cl)cnc4c3-c3ccc(F)cn3)ccn2)CC1. The largest absolute Gasteiger partial charge is 0.353 e. The third-order valence-corrected chi connectivity index (χ3v) is 6.76. The number of pyridine rings is 3. The van der Waals surface area contributed by atoms with E-state index in [-0.39, 0.29) is 5.91 Å². The lowest BCUT2D eigenvalue weighted by molar-refractivity contribution is -0.117. The van der Waals surface area contributed by atoms with Gasteiger partial charge in [0.05, 0.1) is 45.7 Å². The van der Waals surface area contributed by atoms with E-state index >= 15 is 0 Å². The maximum Gasteiger partial charge on any atom is 0.239 e. The Bertz CT molecular complexity index is 1380. The van der Waals surface area contributed by atoms with Crippen LogP contribution in [0.1, 0.15) is 12.8 Å². The van der Waals surface area contributed by atoms with E-state index in [2.05, 4.69) is 49.1 Å². The van der Waals surface area contributed by atoms with Gasteiger partial charge in [0.25, 0.3) is 0 Å². The first-order valence-corrected chi connectivity index (χ1v) is 12.2. The number of aromatic nitrogens is 4. The molecule has 1 aliphatic rings. The van der Waals surface area contributed by atoms with Crippen molar-refractivity contribution in [1.82, 2.24) is 29.7 Å². The fraction of sp³-hybridized carbons (Fsp3) is 0.308. The smallest absolute Gasteiger partial charge is 0.239 e. The summed E-state index contributed by atoms with van der Waals surface area (Å²) in [6, 6.07) is 8.95. The average Bonchev–Trinajstić information content (AvgIpc) is 3.23. The number of piperidine rings is 1. The summed E-state index contributed by atoms with van der Waals surface area (Å²) < 4.78 is 13.6. The van der Waals surface area contributed by atoms with E-state index in [1.54, 1.807) is 30.6 Å². The molecule has 0 bridgehead atoms. The third kappa shape index (κ3) is 5.23. The van der Waals surface area contributed by atoms with Gasteiger partial charge in [-0.1, -0.05) is 11.6 Å². The van der Waals surface area contributed by atoms with E-state index in [4.69, 9.17) is 11.6 Å². The van der Waals surface area contributed by atoms with E-state index < -0.39 is 5.82 Å². The molecule has 0 spiro atoms. The van der Waals surface area contributed by atoms with Crippen molar-refractivity contribution in [2.24, 2.45) is 0 Å². The molecule has 36 heavy (non-hydrogen) atoms. The van der Waals surface area contributed by atoms with Crippen molar-refractivity contribution in [3.05, 3.63) is 59.8 Å². The van der Waals surface area contributed by atoms with Crippen molar-refractivity contribution in [1.29, 1.82) is 0 Å². The Balaban J connectivity index is 1.39. The van der Waals surface area contributed by atoms with Gasteiger partial charge in [0.15, 0.2) is 0 Å². The van der Waals surface area contributed by atoms with Crippen LogP contribution in [0, 0.1) is 5.82 Å². The van der Waals surface area contributed by atoms with Crippen LogP contribution in [0.4, 0.5) is 10.2 Å². The Morgan fingerprint density at radius 3 is 2.69 bits per heavy atom. The first-order chi connectivity index (χ1) is 17.4. The molecule has 4 aromatic heterocycles. The first-order valence-electron chi connectivity index (χ1n) is 11.8. The normalized spacial score (nSPS) is 15.0. The van der Waals surface area contributed by atoms with Crippen LogP contribution < -0.4 is 5.32 Å². The molecule has 0 aliphatic carbocycles. The Morgan fingerprint density at radius 1 is 1.17 bits per heavy atom. The number of carbonyl (C=O) groups is 1. The summed E-state index contributed by atoms with van der Waals surface area (Å²) in [6.45, 7) is 2.11. The fourth-order valence-corrected chi connectivity index (χ4v) is 4.83. The molecule has 5 rings (SSSR count). The van der Waals surface area contributed by atoms with Gasteiger partial charge in [0, 0.05) is 37.1 Å². The maximum absolute atomic E-state index is 13.6. The number of amides is 1. The van der Waals surface area contributed by atoms with Gasteiger partial charge in [-0.2, -0.15) is 0 Å². The van der Waals surface area contributed by atoms with Crippen LogP contribution in [-0.4, -0.2) is 75.4 Å². The van der Waals surface area contributed by atoms with Crippen molar-refractivity contribution < 1.29 is 9.18 Å². The lowest BCUT2D eigenvalue weighted by atomic mass is 10.0. The van der Waals surface area contributed by atoms with Crippen LogP contribution in [-0.2, 0) is 4.79 Å². The van der Waals surface area contributed by atoms with Crippen molar-refractivity contribution in [3.63, 3.8) is 0 Å². The van der Waals surface area contributed by atoms with Crippen molar-refractivity contribution in [2.45, 2.75) is 18.9 Å². The molecule has 0 saturated carbocycles. The molecule has 1 amide bonds. The minimum atomic E-state index is -0.420. The zero-order chi connectivity index (χ0) is 25.2. The number of aromatic amines is 1. The second kappa shape index (κ2) is 10.3. The number of hydrogen-bond acceptors (Lipinski definition) is 6. The van der Waals surface area contributed by atoms with Crippen molar-refractivity contribution in [3.8, 4) is 22.5 Å². The molecule has 0 atom stereocenters. The summed E-state index contributed by atoms with van der Waals surface area (Å²) in [6.07, 6.45) is 6.47. The molecule has 0 aromatic carbocycles. The quantitative estimate of drug-likeness (QED) is 0.401. The molecule has 4 aromatic rings. The molecule has 8 nitrogen and oxygen atoms in total. The number of hydrogen-bond donors (Lipinski definition) is 2. The predicted molar refractivity (Wildman–Crippen MR) is 139 cm³/mol. The number of H-pyrrole nitrogens is 1. The lowest BCUT2D eigenvalue weighted by Gasteiger charge is -2.34. The molecule has 2 N–H and O–H groups in total. The number of carbonyl (C=O) groups excluding carboxylic acids is 1. The fourth-order valence-electron chi connectivity index (χ4n) is 4.67. The molecule has 1 fully saturated rings. The molecule has 10 heteroatoms. The number of fused-ring (bicyclic) bond motifs is 1. The van der Waals surface area contributed by atoms with E-state index in [1.165, 1.54) is 12.3 Å². The minimum Gasteiger partial charge on any atom is -0.353 e. The van der Waals surface area contributed by atoms with Gasteiger partial charge in [-0.25, -0.2) is 9.37 Å². The van der Waals surface area contributed by atoms with E-state index in [1.807, 2.05) is 6.07 Å². The highest BCUT2D eigenvalue weighted by atomic mass is 35.5. The van der Waals surface area contributed by atoms with Crippen molar-refractivity contribution >= 4 is 34.4 Å². The number of nitrogens with one attached hydrogen (secondary N) is 2. The zero-order valence-electron chi connectivity index (χ0n) is 20.1. The summed E-state index contributed by atoms with van der Waals surface area (Å²) in [4.78, 5) is 33.6. The predicted octanol–water partition coefficient (Wildman–Crippen LogP) is 4.44. The molecule has 1 saturated heterocycles. The monoisotopic (exact) mass is 507 g/mol. The Morgan fingerprint density at radius 2 is 1.97 bits per heavy atom. The van der Waals surface area contributed by atoms with Crippen LogP contribution >= 0.6 is 11.6 Å². The van der Waals surface area contributed by atoms with Gasteiger partial charge in [0.1, 0.15) is 11.6 Å². The molecule has 1 aliphatic heterocycles. The Hall–Kier alpha value is -3.40. The maximum atomic E-state index is 13.6. The number of likely N-dealkylation sites (tertiary alicyclic amines) is 1. The van der Waals surface area contributed by atoms with Crippen LogP contribution in [0.3, 0.4) is 0 Å². The summed E-state index contributed by atoms with van der Waals surface area (Å²) in [7, 11) is 4.20. The Labute approximate surface area is 213 Å². The average molecular weight is 508 g/mol. The standard InChI is InChI=1S/C26H27ClFN7O/c1-34(2)19-6-9-35(10-7-19)15-23(36)33-22-11-16(5-8-29-22)25-24(20-4-3-18(28)14-30-20)26-21(32-25)12-17(27)13-31-26/h3-5,8,11-14,19,32H,6-7,9-10,15H2,1-2H3,(H,29,33,36). The van der Waals surface area contributed by atoms with Crippen LogP contribution in [0.5, 0.6) is 0 Å². The van der Waals surface area contributed by atoms with Crippen LogP contribution in [0.2, 0.25) is 5.02 Å². The number of nitrogens with zero attached hydrogens (tertiary/aromatic N) is 5. The topological polar surface area (TPSA) is 90.0 Å². The van der Waals surface area contributed by atoms with Gasteiger partial charge in [-0.3, -0.25) is 19.7 Å². The second-order valence-corrected chi connectivity index (χ2v) is 9.67. The van der Waals surface area contributed by atoms with Gasteiger partial charge in [-0.15, -0.1) is 0 Å². The van der Waals surface area contributed by atoms with E-state index in [0.717, 1.165) is 42.7 Å². The summed E-state index contributed by atoms with van der Waals surface area (Å²) in [5, 5.41) is 3.42. The number of anilines is 1. The molecule has 5 heterocycles. The van der Waals surface area contributed by atoms with E-state index in [0.29, 0.717) is 40.2 Å². The molecule has 0 radical (unpaired) electrons. The van der Waals surface area contributed by atoms with Crippen LogP contribution in [0.15, 0.2) is 48.9 Å². The van der Waals surface area contributed by atoms with Gasteiger partial charge in [-0.05, 0) is 57.3 Å². The molecule has 0 unspecified atom stereocenters. The van der Waals surface area contributed by atoms with E-state index in [9.17, 15) is 9.18 Å². The molecular formula is C26H27ClFN7O. The highest BCUT2D eigenvalue weighted by molar-refractivity contribution is 6.31. The van der Waals surface area contributed by atoms with Gasteiger partial charge < -0.3 is 15.2 Å². The van der Waals surface area contributed by atoms with Gasteiger partial charge >= 0.3 is 0 Å². The highest BCUT2D eigenvalue weighted by Crippen LogP contribution is 2.37. The highest BCUT2D eigenvalue weighted by Gasteiger charge is 2.22. The number of rotatable bonds is 6. The Kier molecular flexibility index (Phi) is 6.95. The molecular weight excluding hydrogens is 481 g/mol.